The second kappa shape index (κ2) is 27.9. The van der Waals surface area contributed by atoms with Crippen molar-refractivity contribution in [3.8, 4) is 0 Å². The highest BCUT2D eigenvalue weighted by molar-refractivity contribution is 7.99. The van der Waals surface area contributed by atoms with Gasteiger partial charge in [-0.25, -0.2) is 9.59 Å². The molecule has 60 heavy (non-hydrogen) atoms. The molecular formula is C43H78N6O8S3. The van der Waals surface area contributed by atoms with Crippen LogP contribution < -0.4 is 10.6 Å². The van der Waals surface area contributed by atoms with Gasteiger partial charge in [-0.2, -0.15) is 35.3 Å². The van der Waals surface area contributed by atoms with Crippen LogP contribution in [0.3, 0.4) is 0 Å². The van der Waals surface area contributed by atoms with E-state index in [0.717, 1.165) is 94.4 Å². The van der Waals surface area contributed by atoms with Crippen LogP contribution in [0.25, 0.3) is 0 Å². The molecule has 0 atom stereocenters. The Morgan fingerprint density at radius 1 is 0.483 bits per heavy atom. The summed E-state index contributed by atoms with van der Waals surface area (Å²) < 4.78 is 10.7. The number of likely N-dealkylation sites (tertiary alicyclic amines) is 2. The molecule has 0 aliphatic carbocycles. The van der Waals surface area contributed by atoms with Gasteiger partial charge in [0.2, 0.25) is 11.8 Å². The first-order valence-corrected chi connectivity index (χ1v) is 25.8. The summed E-state index contributed by atoms with van der Waals surface area (Å²) in [6.07, 6.45) is 6.71. The highest BCUT2D eigenvalue weighted by Crippen LogP contribution is 2.25. The molecule has 0 spiro atoms. The number of nitrogens with zero attached hydrogens (tertiary/aromatic N) is 4. The number of piperidine rings is 3. The van der Waals surface area contributed by atoms with E-state index >= 15 is 0 Å². The molecule has 6 saturated heterocycles. The molecule has 6 fully saturated rings. The predicted molar refractivity (Wildman–Crippen MR) is 246 cm³/mol. The fraction of sp³-hybridized carbons (Fsp3) is 0.884. The highest BCUT2D eigenvalue weighted by Gasteiger charge is 2.30. The number of amides is 4. The third kappa shape index (κ3) is 22.8. The summed E-state index contributed by atoms with van der Waals surface area (Å²) in [4.78, 5) is 66.0. The Kier molecular flexibility index (Phi) is 24.3. The standard InChI is InChI=1S/C16H28N2O3S.C12H21NO4.C11H20N2OS.C4H9NS/c1-16(2,3)21-15(20)18-6-4-13(5-7-18)12-14(19)17-8-10-22-11-9-17;1-12(2,3)17-11(16)13-6-4-9(5-7-13)8-10(14)15;14-11(13-5-7-15-8-6-13)9-10-1-3-12-4-2-10;1-3-6-4-2-5-1/h13H,4-12H2,1-3H3;9H,4-8H2,1-3H3,(H,14,15);10,12H,1-9H2;5H,1-4H2. The average molecular weight is 903 g/mol. The van der Waals surface area contributed by atoms with Crippen molar-refractivity contribution < 1.29 is 38.6 Å². The molecule has 0 saturated carbocycles. The second-order valence-corrected chi connectivity index (χ2v) is 22.0. The maximum Gasteiger partial charge on any atom is 0.410 e. The molecule has 6 aliphatic heterocycles. The molecule has 0 unspecified atom stereocenters. The molecule has 6 rings (SSSR count). The largest absolute Gasteiger partial charge is 0.481 e. The van der Waals surface area contributed by atoms with Crippen molar-refractivity contribution in [2.24, 2.45) is 17.8 Å². The lowest BCUT2D eigenvalue weighted by Gasteiger charge is -2.34. The molecule has 346 valence electrons. The molecule has 0 aromatic rings. The lowest BCUT2D eigenvalue weighted by molar-refractivity contribution is -0.138. The minimum Gasteiger partial charge on any atom is -0.481 e. The summed E-state index contributed by atoms with van der Waals surface area (Å²) in [6.45, 7) is 22.0. The van der Waals surface area contributed by atoms with Crippen molar-refractivity contribution in [2.45, 2.75) is 111 Å². The van der Waals surface area contributed by atoms with Crippen LogP contribution in [0, 0.1) is 17.8 Å². The van der Waals surface area contributed by atoms with E-state index in [9.17, 15) is 24.0 Å². The van der Waals surface area contributed by atoms with Crippen molar-refractivity contribution >= 4 is 65.3 Å². The summed E-state index contributed by atoms with van der Waals surface area (Å²) in [5.41, 5.74) is -0.925. The number of carboxylic acids is 1. The van der Waals surface area contributed by atoms with Gasteiger partial charge in [0.05, 0.1) is 0 Å². The van der Waals surface area contributed by atoms with E-state index in [-0.39, 0.29) is 30.4 Å². The number of nitrogens with one attached hydrogen (secondary N) is 2. The Morgan fingerprint density at radius 2 is 0.817 bits per heavy atom. The molecule has 0 bridgehead atoms. The van der Waals surface area contributed by atoms with E-state index in [1.54, 1.807) is 9.80 Å². The summed E-state index contributed by atoms with van der Waals surface area (Å²) in [6, 6.07) is 0. The first-order valence-electron chi connectivity index (χ1n) is 22.4. The van der Waals surface area contributed by atoms with Crippen LogP contribution in [0.1, 0.15) is 99.3 Å². The van der Waals surface area contributed by atoms with Gasteiger partial charge in [0.15, 0.2) is 0 Å². The molecule has 0 aromatic heterocycles. The van der Waals surface area contributed by atoms with E-state index in [0.29, 0.717) is 50.3 Å². The number of aliphatic carboxylic acids is 1. The van der Waals surface area contributed by atoms with Gasteiger partial charge in [0.25, 0.3) is 0 Å². The Bertz CT molecular complexity index is 1270. The highest BCUT2D eigenvalue weighted by atomic mass is 32.2. The number of carbonyl (C=O) groups excluding carboxylic acids is 4. The SMILES string of the molecule is C1CSCCN1.CC(C)(C)OC(=O)N1CCC(CC(=O)N2CCSCC2)CC1.CC(C)(C)OC(=O)N1CCC(CC(=O)O)CC1.O=C(CC1CCNCC1)N1CCSCC1. The number of ether oxygens (including phenoxy) is 2. The third-order valence-corrected chi connectivity index (χ3v) is 13.8. The van der Waals surface area contributed by atoms with Crippen LogP contribution in [0.4, 0.5) is 9.59 Å². The van der Waals surface area contributed by atoms with Crippen LogP contribution >= 0.6 is 35.3 Å². The first kappa shape index (κ1) is 52.3. The normalized spacial score (nSPS) is 21.2. The fourth-order valence-corrected chi connectivity index (χ4v) is 10.1. The van der Waals surface area contributed by atoms with Gasteiger partial charge in [0, 0.05) is 119 Å². The fourth-order valence-electron chi connectivity index (χ4n) is 7.52. The van der Waals surface area contributed by atoms with Crippen LogP contribution in [-0.4, -0.2) is 179 Å². The third-order valence-electron chi connectivity index (χ3n) is 11.0. The summed E-state index contributed by atoms with van der Waals surface area (Å²) >= 11 is 5.91. The van der Waals surface area contributed by atoms with Crippen molar-refractivity contribution in [2.75, 3.05) is 113 Å². The predicted octanol–water partition coefficient (Wildman–Crippen LogP) is 5.98. The smallest absolute Gasteiger partial charge is 0.410 e. The van der Waals surface area contributed by atoms with Gasteiger partial charge >= 0.3 is 18.2 Å². The van der Waals surface area contributed by atoms with Gasteiger partial charge in [-0.3, -0.25) is 14.4 Å². The van der Waals surface area contributed by atoms with Crippen molar-refractivity contribution in [1.29, 1.82) is 0 Å². The maximum absolute atomic E-state index is 12.3. The second-order valence-electron chi connectivity index (χ2n) is 18.4. The number of carbonyl (C=O) groups is 5. The number of hydrogen-bond donors (Lipinski definition) is 3. The first-order chi connectivity index (χ1) is 28.5. The molecule has 3 N–H and O–H groups in total. The zero-order valence-corrected chi connectivity index (χ0v) is 40.1. The molecule has 6 heterocycles. The summed E-state index contributed by atoms with van der Waals surface area (Å²) in [7, 11) is 0. The van der Waals surface area contributed by atoms with Crippen molar-refractivity contribution in [3.63, 3.8) is 0 Å². The van der Waals surface area contributed by atoms with E-state index in [1.165, 1.54) is 37.4 Å². The molecule has 6 aliphatic rings. The molecule has 0 aromatic carbocycles. The van der Waals surface area contributed by atoms with Crippen LogP contribution in [0.15, 0.2) is 0 Å². The summed E-state index contributed by atoms with van der Waals surface area (Å²) in [5.74, 6) is 8.11. The molecular weight excluding hydrogens is 825 g/mol. The van der Waals surface area contributed by atoms with Gasteiger partial charge < -0.3 is 44.8 Å². The van der Waals surface area contributed by atoms with E-state index < -0.39 is 17.2 Å². The topological polar surface area (TPSA) is 161 Å². The zero-order valence-electron chi connectivity index (χ0n) is 37.6. The lowest BCUT2D eigenvalue weighted by atomic mass is 9.93. The quantitative estimate of drug-likeness (QED) is 0.286. The van der Waals surface area contributed by atoms with E-state index in [2.05, 4.69) is 15.5 Å². The average Bonchev–Trinajstić information content (AvgIpc) is 3.22. The van der Waals surface area contributed by atoms with E-state index in [1.807, 2.05) is 81.7 Å². The lowest BCUT2D eigenvalue weighted by Crippen LogP contribution is -2.43. The van der Waals surface area contributed by atoms with Gasteiger partial charge in [-0.15, -0.1) is 0 Å². The van der Waals surface area contributed by atoms with E-state index in [4.69, 9.17) is 14.6 Å². The molecule has 0 radical (unpaired) electrons. The van der Waals surface area contributed by atoms with Crippen LogP contribution in [0.2, 0.25) is 0 Å². The Labute approximate surface area is 373 Å². The van der Waals surface area contributed by atoms with Gasteiger partial charge in [-0.05, 0) is 111 Å². The summed E-state index contributed by atoms with van der Waals surface area (Å²) in [5, 5.41) is 15.3. The Balaban J connectivity index is 0.000000227. The van der Waals surface area contributed by atoms with Crippen LogP contribution in [-0.2, 0) is 23.9 Å². The molecule has 17 heteroatoms. The minimum absolute atomic E-state index is 0.186. The number of carboxylic acid groups (broad SMARTS) is 1. The Hall–Kier alpha value is -2.08. The van der Waals surface area contributed by atoms with Gasteiger partial charge in [-0.1, -0.05) is 0 Å². The van der Waals surface area contributed by atoms with Crippen LogP contribution in [0.5, 0.6) is 0 Å². The number of hydrogen-bond acceptors (Lipinski definition) is 12. The van der Waals surface area contributed by atoms with Crippen molar-refractivity contribution in [3.05, 3.63) is 0 Å². The minimum atomic E-state index is -0.763. The molecule has 4 amide bonds. The Morgan fingerprint density at radius 3 is 1.13 bits per heavy atom. The van der Waals surface area contributed by atoms with Crippen molar-refractivity contribution in [1.82, 2.24) is 30.2 Å². The maximum atomic E-state index is 12.3. The molecule has 14 nitrogen and oxygen atoms in total. The number of thioether (sulfide) groups is 3. The monoisotopic (exact) mass is 903 g/mol. The van der Waals surface area contributed by atoms with Gasteiger partial charge in [0.1, 0.15) is 11.2 Å². The number of rotatable bonds is 6. The zero-order chi connectivity index (χ0) is 44.0.